The highest BCUT2D eigenvalue weighted by atomic mass is 35.5. The first kappa shape index (κ1) is 52.2. The number of benzene rings is 4. The quantitative estimate of drug-likeness (QED) is 0.0508. The minimum absolute atomic E-state index is 0.000218. The van der Waals surface area contributed by atoms with Crippen LogP contribution in [0.5, 0.6) is 17.2 Å². The van der Waals surface area contributed by atoms with Crippen LogP contribution in [-0.4, -0.2) is 107 Å². The fourth-order valence-electron chi connectivity index (χ4n) is 6.92. The van der Waals surface area contributed by atoms with Gasteiger partial charge in [-0.15, -0.1) is 0 Å². The Labute approximate surface area is 410 Å². The van der Waals surface area contributed by atoms with Crippen molar-refractivity contribution in [2.75, 3.05) is 75.6 Å². The molecule has 1 aromatic heterocycles. The molecule has 0 bridgehead atoms. The molecule has 0 fully saturated rings. The van der Waals surface area contributed by atoms with E-state index in [0.29, 0.717) is 64.5 Å². The van der Waals surface area contributed by atoms with E-state index in [0.717, 1.165) is 12.1 Å². The van der Waals surface area contributed by atoms with Crippen molar-refractivity contribution >= 4 is 79.2 Å². The van der Waals surface area contributed by atoms with Crippen molar-refractivity contribution in [3.05, 3.63) is 105 Å². The zero-order valence-electron chi connectivity index (χ0n) is 38.7. The lowest BCUT2D eigenvalue weighted by atomic mass is 10.1. The molecular weight excluding hydrogens is 956 g/mol. The molecule has 6 rings (SSSR count). The summed E-state index contributed by atoms with van der Waals surface area (Å²) >= 11 is 12.2. The number of ether oxygens (including phenoxy) is 5. The van der Waals surface area contributed by atoms with E-state index in [1.54, 1.807) is 61.6 Å². The number of carbonyl (C=O) groups excluding carboxylic acids is 3. The third-order valence-corrected chi connectivity index (χ3v) is 12.7. The van der Waals surface area contributed by atoms with Gasteiger partial charge in [-0.05, 0) is 67.4 Å². The van der Waals surface area contributed by atoms with Crippen molar-refractivity contribution in [1.82, 2.24) is 25.1 Å². The molecule has 69 heavy (non-hydrogen) atoms. The molecule has 4 aromatic carbocycles. The van der Waals surface area contributed by atoms with Gasteiger partial charge in [0.15, 0.2) is 5.75 Å². The molecule has 370 valence electrons. The Morgan fingerprint density at radius 2 is 1.49 bits per heavy atom. The molecule has 1 unspecified atom stereocenters. The number of carbonyl (C=O) groups is 3. The second kappa shape index (κ2) is 24.9. The second-order valence-corrected chi connectivity index (χ2v) is 18.4. The molecule has 0 saturated carbocycles. The fraction of sp³-hybridized carbons (Fsp3) is 0.383. The highest BCUT2D eigenvalue weighted by Crippen LogP contribution is 2.36. The van der Waals surface area contributed by atoms with Gasteiger partial charge in [-0.1, -0.05) is 49.2 Å². The molecule has 1 aliphatic heterocycles. The molecule has 19 nitrogen and oxygen atoms in total. The van der Waals surface area contributed by atoms with Crippen LogP contribution < -0.4 is 40.8 Å². The van der Waals surface area contributed by atoms with Gasteiger partial charge in [-0.25, -0.2) is 13.2 Å². The monoisotopic (exact) mass is 1010 g/mol. The highest BCUT2D eigenvalue weighted by Gasteiger charge is 2.26. The van der Waals surface area contributed by atoms with E-state index < -0.39 is 15.9 Å². The smallest absolute Gasteiger partial charge is 0.328 e. The molecule has 4 N–H and O–H groups in total. The summed E-state index contributed by atoms with van der Waals surface area (Å²) in [5.41, 5.74) is 1.64. The first-order valence-electron chi connectivity index (χ1n) is 22.3. The summed E-state index contributed by atoms with van der Waals surface area (Å²) in [6.45, 7) is 6.38. The second-order valence-electron chi connectivity index (χ2n) is 15.9. The van der Waals surface area contributed by atoms with Crippen molar-refractivity contribution in [2.24, 2.45) is 25.1 Å². The number of hydrazone groups is 1. The van der Waals surface area contributed by atoms with Crippen molar-refractivity contribution in [1.29, 1.82) is 0 Å². The summed E-state index contributed by atoms with van der Waals surface area (Å²) in [6, 6.07) is 20.8. The molecule has 3 amide bonds. The van der Waals surface area contributed by atoms with Crippen molar-refractivity contribution in [2.45, 2.75) is 38.0 Å². The summed E-state index contributed by atoms with van der Waals surface area (Å²) in [6.07, 6.45) is 1.44. The van der Waals surface area contributed by atoms with Gasteiger partial charge < -0.3 is 39.6 Å². The van der Waals surface area contributed by atoms with E-state index in [1.807, 2.05) is 19.9 Å². The Morgan fingerprint density at radius 1 is 0.783 bits per heavy atom. The first-order valence-corrected chi connectivity index (χ1v) is 24.5. The van der Waals surface area contributed by atoms with Crippen LogP contribution in [0.3, 0.4) is 0 Å². The van der Waals surface area contributed by atoms with Crippen LogP contribution in [0.25, 0.3) is 11.0 Å². The van der Waals surface area contributed by atoms with Gasteiger partial charge in [-0.2, -0.15) is 5.10 Å². The van der Waals surface area contributed by atoms with E-state index >= 15 is 0 Å². The van der Waals surface area contributed by atoms with E-state index in [9.17, 15) is 27.6 Å². The van der Waals surface area contributed by atoms with Crippen LogP contribution in [0.4, 0.5) is 11.4 Å². The number of imidazole rings is 1. The summed E-state index contributed by atoms with van der Waals surface area (Å²) < 4.78 is 61.4. The van der Waals surface area contributed by atoms with Crippen LogP contribution in [0.2, 0.25) is 10.0 Å². The van der Waals surface area contributed by atoms with Gasteiger partial charge in [0.25, 0.3) is 15.9 Å². The molecule has 0 spiro atoms. The van der Waals surface area contributed by atoms with Crippen molar-refractivity contribution in [3.63, 3.8) is 0 Å². The number of amidine groups is 1. The molecule has 2 heterocycles. The van der Waals surface area contributed by atoms with Gasteiger partial charge in [0.1, 0.15) is 23.9 Å². The number of aryl methyl sites for hydroxylation is 2. The highest BCUT2D eigenvalue weighted by molar-refractivity contribution is 7.92. The van der Waals surface area contributed by atoms with Crippen LogP contribution in [0.15, 0.2) is 93.7 Å². The number of sulfonamides is 1. The minimum atomic E-state index is -4.28. The number of fused-ring (bicyclic) bond motifs is 1. The van der Waals surface area contributed by atoms with Gasteiger partial charge in [0.2, 0.25) is 11.8 Å². The molecule has 1 atom stereocenters. The molecule has 0 aliphatic carbocycles. The van der Waals surface area contributed by atoms with Crippen molar-refractivity contribution < 1.29 is 46.5 Å². The van der Waals surface area contributed by atoms with E-state index in [1.165, 1.54) is 39.5 Å². The number of nitrogens with one attached hydrogen (secondary N) is 4. The number of hydrogen-bond donors (Lipinski definition) is 4. The van der Waals surface area contributed by atoms with Crippen molar-refractivity contribution in [3.8, 4) is 17.2 Å². The Hall–Kier alpha value is -6.16. The number of anilines is 2. The average molecular weight is 1010 g/mol. The molecular formula is C47H56Cl2N8O11S. The van der Waals surface area contributed by atoms with Gasteiger partial charge in [0.05, 0.1) is 83.5 Å². The zero-order valence-corrected chi connectivity index (χ0v) is 41.0. The number of halogens is 2. The normalized spacial score (nSPS) is 13.6. The first-order chi connectivity index (χ1) is 33.1. The third-order valence-electron chi connectivity index (χ3n) is 10.6. The molecule has 0 radical (unpaired) electrons. The fourth-order valence-corrected chi connectivity index (χ4v) is 8.32. The molecule has 5 aromatic rings. The molecule has 22 heteroatoms. The van der Waals surface area contributed by atoms with Gasteiger partial charge in [0, 0.05) is 57.2 Å². The number of nitrogens with zero attached hydrogens (tertiary/aromatic N) is 4. The maximum Gasteiger partial charge on any atom is 0.328 e. The average Bonchev–Trinajstić information content (AvgIpc) is 3.79. The number of hydrogen-bond acceptors (Lipinski definition) is 13. The van der Waals surface area contributed by atoms with Gasteiger partial charge >= 0.3 is 5.69 Å². The standard InChI is InChI=1S/C47H56Cl2N8O11S/c1-5-18-67-34-10-7-11-35(26-34)68-42-28-41-40(55(3)47(61)56(41)4)27-39(42)54-69(62,63)36-12-6-9-32(24-36)46(60)51-17-19-64-20-21-65-22-23-66-30-44(59)50-16-8-13-43(58)52-45-31(2)29-57(53-45)33-14-15-37(48)38(49)25-33/h6-7,9-12,14-15,24-28,31,54H,5,8,13,16-23,29-30H2,1-4H3,(H,50,59)(H,51,60)(H,52,53,58). The lowest BCUT2D eigenvalue weighted by Crippen LogP contribution is -2.34. The molecule has 0 saturated heterocycles. The van der Waals surface area contributed by atoms with Crippen LogP contribution in [0, 0.1) is 5.92 Å². The predicted molar refractivity (Wildman–Crippen MR) is 263 cm³/mol. The SMILES string of the molecule is CCCOc1cccc(Oc2cc3c(cc2NS(=O)(=O)c2cccc(C(=O)NCCOCCOCCOCC(=O)NCCCC(=O)NC4=NN(c5ccc(Cl)c(Cl)c5)CC4C)c2)n(C)c(=O)n3C)c1. The number of aromatic nitrogens is 2. The van der Waals surface area contributed by atoms with E-state index in [2.05, 4.69) is 25.8 Å². The predicted octanol–water partition coefficient (Wildman–Crippen LogP) is 5.83. The Bertz CT molecular complexity index is 2820. The Morgan fingerprint density at radius 3 is 2.25 bits per heavy atom. The minimum Gasteiger partial charge on any atom is -0.493 e. The van der Waals surface area contributed by atoms with Crippen LogP contribution in [-0.2, 0) is 47.9 Å². The number of rotatable bonds is 25. The van der Waals surface area contributed by atoms with Crippen LogP contribution >= 0.6 is 23.2 Å². The zero-order chi connectivity index (χ0) is 49.5. The van der Waals surface area contributed by atoms with E-state index in [4.69, 9.17) is 46.9 Å². The topological polar surface area (TPSA) is 222 Å². The Balaban J connectivity index is 0.851. The van der Waals surface area contributed by atoms with Gasteiger partial charge in [-0.3, -0.25) is 33.2 Å². The molecule has 1 aliphatic rings. The summed E-state index contributed by atoms with van der Waals surface area (Å²) in [7, 11) is -1.08. The summed E-state index contributed by atoms with van der Waals surface area (Å²) in [5.74, 6) is 0.643. The Kier molecular flexibility index (Phi) is 18.9. The largest absolute Gasteiger partial charge is 0.493 e. The lowest BCUT2D eigenvalue weighted by molar-refractivity contribution is -0.126. The van der Waals surface area contributed by atoms with E-state index in [-0.39, 0.29) is 97.9 Å². The maximum absolute atomic E-state index is 13.8. The lowest BCUT2D eigenvalue weighted by Gasteiger charge is -2.15. The van der Waals surface area contributed by atoms with Crippen LogP contribution in [0.1, 0.15) is 43.5 Å². The maximum atomic E-state index is 13.8. The number of amides is 3. The summed E-state index contributed by atoms with van der Waals surface area (Å²) in [5, 5.41) is 15.4. The third kappa shape index (κ3) is 14.7. The summed E-state index contributed by atoms with van der Waals surface area (Å²) in [4.78, 5) is 50.3.